The van der Waals surface area contributed by atoms with E-state index >= 15 is 0 Å². The summed E-state index contributed by atoms with van der Waals surface area (Å²) in [5, 5.41) is 6.06. The molecule has 0 bridgehead atoms. The van der Waals surface area contributed by atoms with Gasteiger partial charge in [0.1, 0.15) is 12.1 Å². The molecular weight excluding hydrogens is 288 g/mol. The molecule has 1 N–H and O–H groups in total. The second kappa shape index (κ2) is 4.88. The number of aromatic nitrogens is 3. The van der Waals surface area contributed by atoms with E-state index in [0.717, 1.165) is 21.1 Å². The highest BCUT2D eigenvalue weighted by molar-refractivity contribution is 9.10. The van der Waals surface area contributed by atoms with Crippen molar-refractivity contribution in [3.63, 3.8) is 0 Å². The van der Waals surface area contributed by atoms with E-state index in [0.29, 0.717) is 5.92 Å². The molecule has 0 spiro atoms. The maximum Gasteiger partial charge on any atom is 0.188 e. The molecule has 84 valence electrons. The number of hydrogen-bond donors (Lipinski definition) is 1. The Morgan fingerprint density at radius 2 is 2.25 bits per heavy atom. The van der Waals surface area contributed by atoms with Gasteiger partial charge >= 0.3 is 0 Å². The third kappa shape index (κ3) is 2.56. The summed E-state index contributed by atoms with van der Waals surface area (Å²) in [7, 11) is 0. The summed E-state index contributed by atoms with van der Waals surface area (Å²) in [4.78, 5) is 12.5. The van der Waals surface area contributed by atoms with E-state index in [4.69, 9.17) is 0 Å². The summed E-state index contributed by atoms with van der Waals surface area (Å²) in [5.41, 5.74) is 1.10. The molecule has 4 nitrogen and oxygen atoms in total. The van der Waals surface area contributed by atoms with E-state index in [2.05, 4.69) is 55.4 Å². The van der Waals surface area contributed by atoms with Gasteiger partial charge in [-0.1, -0.05) is 13.8 Å². The SMILES string of the molecule is CC(C)c1csc(Nc2ncncc2Br)n1. The average Bonchev–Trinajstić information content (AvgIpc) is 2.70. The first kappa shape index (κ1) is 11.5. The van der Waals surface area contributed by atoms with E-state index in [1.54, 1.807) is 17.5 Å². The second-order valence-corrected chi connectivity index (χ2v) is 5.29. The van der Waals surface area contributed by atoms with Crippen LogP contribution in [-0.4, -0.2) is 15.0 Å². The van der Waals surface area contributed by atoms with E-state index in [-0.39, 0.29) is 0 Å². The average molecular weight is 299 g/mol. The van der Waals surface area contributed by atoms with Crippen molar-refractivity contribution >= 4 is 38.2 Å². The molecule has 2 rings (SSSR count). The Hall–Kier alpha value is -1.01. The van der Waals surface area contributed by atoms with Crippen molar-refractivity contribution in [2.24, 2.45) is 0 Å². The third-order valence-electron chi connectivity index (χ3n) is 2.01. The van der Waals surface area contributed by atoms with Gasteiger partial charge in [-0.25, -0.2) is 15.0 Å². The van der Waals surface area contributed by atoms with Crippen molar-refractivity contribution in [1.29, 1.82) is 0 Å². The minimum atomic E-state index is 0.445. The number of nitrogens with zero attached hydrogens (tertiary/aromatic N) is 3. The predicted molar refractivity (Wildman–Crippen MR) is 69.2 cm³/mol. The molecule has 0 unspecified atom stereocenters. The van der Waals surface area contributed by atoms with Crippen LogP contribution in [0, 0.1) is 0 Å². The third-order valence-corrected chi connectivity index (χ3v) is 3.36. The molecule has 0 aromatic carbocycles. The Morgan fingerprint density at radius 3 is 2.88 bits per heavy atom. The molecule has 16 heavy (non-hydrogen) atoms. The zero-order valence-electron chi connectivity index (χ0n) is 8.94. The number of rotatable bonds is 3. The number of anilines is 2. The fraction of sp³-hybridized carbons (Fsp3) is 0.300. The Morgan fingerprint density at radius 1 is 1.44 bits per heavy atom. The molecule has 0 saturated heterocycles. The maximum atomic E-state index is 4.47. The zero-order valence-corrected chi connectivity index (χ0v) is 11.3. The molecule has 0 amide bonds. The monoisotopic (exact) mass is 298 g/mol. The van der Waals surface area contributed by atoms with E-state index in [1.165, 1.54) is 6.33 Å². The van der Waals surface area contributed by atoms with Crippen LogP contribution in [0.15, 0.2) is 22.4 Å². The molecule has 0 radical (unpaired) electrons. The van der Waals surface area contributed by atoms with Gasteiger partial charge in [-0.05, 0) is 21.8 Å². The molecule has 0 atom stereocenters. The van der Waals surface area contributed by atoms with E-state index in [9.17, 15) is 0 Å². The van der Waals surface area contributed by atoms with E-state index in [1.807, 2.05) is 0 Å². The van der Waals surface area contributed by atoms with Gasteiger partial charge in [-0.2, -0.15) is 0 Å². The molecule has 0 fully saturated rings. The van der Waals surface area contributed by atoms with Crippen LogP contribution in [0.2, 0.25) is 0 Å². The van der Waals surface area contributed by atoms with Gasteiger partial charge in [0.2, 0.25) is 0 Å². The van der Waals surface area contributed by atoms with E-state index < -0.39 is 0 Å². The summed E-state index contributed by atoms with van der Waals surface area (Å²) in [5.74, 6) is 1.18. The number of thiazole rings is 1. The van der Waals surface area contributed by atoms with Crippen molar-refractivity contribution in [1.82, 2.24) is 15.0 Å². The van der Waals surface area contributed by atoms with Crippen LogP contribution in [-0.2, 0) is 0 Å². The Labute approximate surface area is 106 Å². The molecule has 2 aromatic rings. The smallest absolute Gasteiger partial charge is 0.188 e. The summed E-state index contributed by atoms with van der Waals surface area (Å²) < 4.78 is 0.830. The fourth-order valence-electron chi connectivity index (χ4n) is 1.11. The number of halogens is 1. The van der Waals surface area contributed by atoms with Gasteiger partial charge in [-0.15, -0.1) is 11.3 Å². The number of hydrogen-bond acceptors (Lipinski definition) is 5. The lowest BCUT2D eigenvalue weighted by Gasteiger charge is -2.02. The Balaban J connectivity index is 2.18. The lowest BCUT2D eigenvalue weighted by molar-refractivity contribution is 0.834. The standard InChI is InChI=1S/C10H11BrN4S/c1-6(2)8-4-16-10(14-8)15-9-7(11)3-12-5-13-9/h3-6H,1-2H3,(H,12,13,14,15). The first-order valence-corrected chi connectivity index (χ1v) is 6.52. The maximum absolute atomic E-state index is 4.47. The quantitative estimate of drug-likeness (QED) is 0.941. The molecule has 6 heteroatoms. The molecule has 2 heterocycles. The van der Waals surface area contributed by atoms with Gasteiger partial charge in [0.25, 0.3) is 0 Å². The van der Waals surface area contributed by atoms with Crippen LogP contribution in [0.5, 0.6) is 0 Å². The predicted octanol–water partition coefficient (Wildman–Crippen LogP) is 3.56. The lowest BCUT2D eigenvalue weighted by atomic mass is 10.2. The van der Waals surface area contributed by atoms with Crippen LogP contribution < -0.4 is 5.32 Å². The normalized spacial score (nSPS) is 10.8. The summed E-state index contributed by atoms with van der Waals surface area (Å²) >= 11 is 4.96. The molecule has 2 aromatic heterocycles. The topological polar surface area (TPSA) is 50.7 Å². The van der Waals surface area contributed by atoms with Crippen LogP contribution in [0.1, 0.15) is 25.5 Å². The minimum Gasteiger partial charge on any atom is -0.315 e. The van der Waals surface area contributed by atoms with Gasteiger partial charge in [0, 0.05) is 11.6 Å². The van der Waals surface area contributed by atoms with Crippen molar-refractivity contribution in [2.45, 2.75) is 19.8 Å². The Kier molecular flexibility index (Phi) is 3.50. The van der Waals surface area contributed by atoms with Gasteiger partial charge < -0.3 is 5.32 Å². The van der Waals surface area contributed by atoms with Crippen molar-refractivity contribution in [2.75, 3.05) is 5.32 Å². The van der Waals surface area contributed by atoms with Crippen LogP contribution in [0.25, 0.3) is 0 Å². The molecule has 0 saturated carbocycles. The highest BCUT2D eigenvalue weighted by atomic mass is 79.9. The van der Waals surface area contributed by atoms with Crippen LogP contribution in [0.3, 0.4) is 0 Å². The van der Waals surface area contributed by atoms with Crippen molar-refractivity contribution < 1.29 is 0 Å². The lowest BCUT2D eigenvalue weighted by Crippen LogP contribution is -1.95. The van der Waals surface area contributed by atoms with Gasteiger partial charge in [0.05, 0.1) is 10.2 Å². The van der Waals surface area contributed by atoms with Crippen LogP contribution >= 0.6 is 27.3 Å². The molecule has 0 aliphatic heterocycles. The molecule has 0 aliphatic carbocycles. The van der Waals surface area contributed by atoms with Crippen molar-refractivity contribution in [3.05, 3.63) is 28.1 Å². The van der Waals surface area contributed by atoms with Gasteiger partial charge in [0.15, 0.2) is 5.13 Å². The first-order chi connectivity index (χ1) is 7.66. The largest absolute Gasteiger partial charge is 0.315 e. The zero-order chi connectivity index (χ0) is 11.5. The first-order valence-electron chi connectivity index (χ1n) is 4.84. The molecule has 0 aliphatic rings. The Bertz CT molecular complexity index is 483. The van der Waals surface area contributed by atoms with Gasteiger partial charge in [-0.3, -0.25) is 0 Å². The summed E-state index contributed by atoms with van der Waals surface area (Å²) in [6.45, 7) is 4.25. The summed E-state index contributed by atoms with van der Waals surface area (Å²) in [6.07, 6.45) is 3.20. The van der Waals surface area contributed by atoms with Crippen molar-refractivity contribution in [3.8, 4) is 0 Å². The van der Waals surface area contributed by atoms with Crippen LogP contribution in [0.4, 0.5) is 10.9 Å². The number of nitrogens with one attached hydrogen (secondary N) is 1. The highest BCUT2D eigenvalue weighted by Gasteiger charge is 2.07. The fourth-order valence-corrected chi connectivity index (χ4v) is 2.31. The highest BCUT2D eigenvalue weighted by Crippen LogP contribution is 2.26. The minimum absolute atomic E-state index is 0.445. The summed E-state index contributed by atoms with van der Waals surface area (Å²) in [6, 6.07) is 0. The molecular formula is C10H11BrN4S. The second-order valence-electron chi connectivity index (χ2n) is 3.58.